The number of ether oxygens (including phenoxy) is 3. The van der Waals surface area contributed by atoms with Crippen molar-refractivity contribution in [2.75, 3.05) is 6.61 Å². The lowest BCUT2D eigenvalue weighted by molar-refractivity contribution is -0.277. The molecule has 0 unspecified atom stereocenters. The Hall–Kier alpha value is -3.78. The minimum Gasteiger partial charge on any atom is -0.507 e. The highest BCUT2D eigenvalue weighted by Gasteiger charge is 2.45. The number of rotatable bonds is 6. The normalized spacial score (nSPS) is 24.8. The van der Waals surface area contributed by atoms with Crippen LogP contribution in [0.4, 0.5) is 0 Å². The summed E-state index contributed by atoms with van der Waals surface area (Å²) in [5.74, 6) is -5.62. The molecule has 0 saturated carbocycles. The number of benzene rings is 2. The lowest BCUT2D eigenvalue weighted by Crippen LogP contribution is -2.60. The summed E-state index contributed by atoms with van der Waals surface area (Å²) in [7, 11) is 0. The molecule has 1 aliphatic rings. The summed E-state index contributed by atoms with van der Waals surface area (Å²) in [6, 6.07) is 4.80. The number of hydrogen-bond donors (Lipinski definition) is 8. The molecule has 13 nitrogen and oxygen atoms in total. The number of carboxylic acids is 1. The van der Waals surface area contributed by atoms with Gasteiger partial charge >= 0.3 is 11.9 Å². The van der Waals surface area contributed by atoms with E-state index in [0.717, 1.165) is 24.3 Å². The third kappa shape index (κ3) is 5.01. The molecule has 0 aliphatic carbocycles. The molecule has 1 aliphatic heterocycles. The monoisotopic (exact) mass is 468 g/mol. The fourth-order valence-electron chi connectivity index (χ4n) is 3.01. The molecule has 13 heteroatoms. The van der Waals surface area contributed by atoms with Gasteiger partial charge in [-0.05, 0) is 30.3 Å². The number of phenols is 4. The number of aromatic carboxylic acids is 1. The molecule has 0 amide bonds. The second kappa shape index (κ2) is 9.38. The number of esters is 1. The summed E-state index contributed by atoms with van der Waals surface area (Å²) in [5.41, 5.74) is -0.837. The van der Waals surface area contributed by atoms with E-state index in [1.165, 1.54) is 6.07 Å². The molecule has 3 rings (SSSR count). The first-order chi connectivity index (χ1) is 15.5. The fourth-order valence-corrected chi connectivity index (χ4v) is 3.01. The average Bonchev–Trinajstić information content (AvgIpc) is 2.77. The topological polar surface area (TPSA) is 224 Å². The highest BCUT2D eigenvalue weighted by Crippen LogP contribution is 2.35. The van der Waals surface area contributed by atoms with Crippen molar-refractivity contribution < 1.29 is 64.7 Å². The standard InChI is InChI=1S/C20H20O13/c21-10-2-1-8(5-9(10)18(28)29)32-20-17(27)16(26)15(25)13(33-20)6-31-19(30)7-3-11(22)14(24)12(23)4-7/h1-5,13,15-17,20-27H,6H2,(H,28,29)/t13-,15-,16+,17-,20-/m0/s1. The molecular formula is C20H20O13. The zero-order chi connectivity index (χ0) is 24.4. The number of carboxylic acid groups (broad SMARTS) is 1. The maximum Gasteiger partial charge on any atom is 0.339 e. The molecule has 2 aromatic rings. The number of aliphatic hydroxyl groups is 3. The first kappa shape index (κ1) is 23.9. The number of aliphatic hydroxyl groups excluding tert-OH is 3. The Bertz CT molecular complexity index is 1030. The Morgan fingerprint density at radius 1 is 0.879 bits per heavy atom. The van der Waals surface area contributed by atoms with E-state index in [0.29, 0.717) is 0 Å². The maximum atomic E-state index is 12.2. The lowest BCUT2D eigenvalue weighted by Gasteiger charge is -2.39. The van der Waals surface area contributed by atoms with Gasteiger partial charge in [0.1, 0.15) is 48.1 Å². The third-order valence-corrected chi connectivity index (χ3v) is 4.80. The van der Waals surface area contributed by atoms with Gasteiger partial charge in [-0.1, -0.05) is 0 Å². The van der Waals surface area contributed by atoms with Crippen LogP contribution in [0, 0.1) is 0 Å². The van der Waals surface area contributed by atoms with Crippen LogP contribution in [-0.2, 0) is 9.47 Å². The van der Waals surface area contributed by atoms with E-state index < -0.39 is 77.8 Å². The van der Waals surface area contributed by atoms with Gasteiger partial charge in [-0.25, -0.2) is 9.59 Å². The van der Waals surface area contributed by atoms with Gasteiger partial charge in [-0.3, -0.25) is 0 Å². The fraction of sp³-hybridized carbons (Fsp3) is 0.300. The minimum atomic E-state index is -1.80. The molecule has 8 N–H and O–H groups in total. The first-order valence-corrected chi connectivity index (χ1v) is 9.34. The smallest absolute Gasteiger partial charge is 0.339 e. The van der Waals surface area contributed by atoms with E-state index in [9.17, 15) is 45.3 Å². The summed E-state index contributed by atoms with van der Waals surface area (Å²) in [5, 5.41) is 77.3. The zero-order valence-electron chi connectivity index (χ0n) is 16.6. The lowest BCUT2D eigenvalue weighted by atomic mass is 9.99. The molecule has 1 saturated heterocycles. The van der Waals surface area contributed by atoms with E-state index >= 15 is 0 Å². The van der Waals surface area contributed by atoms with Crippen LogP contribution in [0.2, 0.25) is 0 Å². The van der Waals surface area contributed by atoms with Crippen LogP contribution >= 0.6 is 0 Å². The van der Waals surface area contributed by atoms with Gasteiger partial charge in [0.25, 0.3) is 0 Å². The SMILES string of the molecule is O=C(OC[C@@H]1O[C@H](Oc2ccc(O)c(C(=O)O)c2)[C@@H](O)[C@H](O)[C@H]1O)c1cc(O)c(O)c(O)c1. The molecule has 33 heavy (non-hydrogen) atoms. The quantitative estimate of drug-likeness (QED) is 0.193. The first-order valence-electron chi connectivity index (χ1n) is 9.34. The Morgan fingerprint density at radius 2 is 1.52 bits per heavy atom. The van der Waals surface area contributed by atoms with Gasteiger partial charge in [-0.15, -0.1) is 0 Å². The number of phenolic OH excluding ortho intramolecular Hbond substituents is 3. The number of aromatic hydroxyl groups is 4. The van der Waals surface area contributed by atoms with Crippen LogP contribution in [0.15, 0.2) is 30.3 Å². The van der Waals surface area contributed by atoms with Crippen LogP contribution in [-0.4, -0.2) is 90.1 Å². The predicted octanol–water partition coefficient (Wildman–Crippen LogP) is -0.749. The molecule has 1 heterocycles. The molecule has 1 fully saturated rings. The minimum absolute atomic E-state index is 0.149. The van der Waals surface area contributed by atoms with Gasteiger partial charge in [0, 0.05) is 0 Å². The van der Waals surface area contributed by atoms with Crippen LogP contribution in [0.1, 0.15) is 20.7 Å². The van der Waals surface area contributed by atoms with Crippen molar-refractivity contribution in [2.24, 2.45) is 0 Å². The van der Waals surface area contributed by atoms with Crippen LogP contribution in [0.25, 0.3) is 0 Å². The number of carbonyl (C=O) groups excluding carboxylic acids is 1. The van der Waals surface area contributed by atoms with Crippen molar-refractivity contribution >= 4 is 11.9 Å². The van der Waals surface area contributed by atoms with Crippen molar-refractivity contribution in [3.63, 3.8) is 0 Å². The Morgan fingerprint density at radius 3 is 2.12 bits per heavy atom. The molecule has 0 bridgehead atoms. The molecule has 0 spiro atoms. The van der Waals surface area contributed by atoms with Crippen molar-refractivity contribution in [1.82, 2.24) is 0 Å². The van der Waals surface area contributed by atoms with Crippen molar-refractivity contribution in [1.29, 1.82) is 0 Å². The van der Waals surface area contributed by atoms with E-state index in [2.05, 4.69) is 0 Å². The van der Waals surface area contributed by atoms with Gasteiger partial charge in [0.15, 0.2) is 17.2 Å². The van der Waals surface area contributed by atoms with Gasteiger partial charge < -0.3 is 55.1 Å². The summed E-state index contributed by atoms with van der Waals surface area (Å²) >= 11 is 0. The molecule has 0 radical (unpaired) electrons. The largest absolute Gasteiger partial charge is 0.507 e. The molecular weight excluding hydrogens is 448 g/mol. The Labute approximate surface area is 184 Å². The van der Waals surface area contributed by atoms with Crippen molar-refractivity contribution in [3.05, 3.63) is 41.5 Å². The maximum absolute atomic E-state index is 12.2. The third-order valence-electron chi connectivity index (χ3n) is 4.80. The molecule has 0 aromatic heterocycles. The van der Waals surface area contributed by atoms with E-state index in [-0.39, 0.29) is 11.3 Å². The summed E-state index contributed by atoms with van der Waals surface area (Å²) in [4.78, 5) is 23.3. The van der Waals surface area contributed by atoms with Gasteiger partial charge in [0.05, 0.1) is 5.56 Å². The second-order valence-corrected chi connectivity index (χ2v) is 7.08. The summed E-state index contributed by atoms with van der Waals surface area (Å²) in [6.07, 6.45) is -8.33. The van der Waals surface area contributed by atoms with Gasteiger partial charge in [-0.2, -0.15) is 0 Å². The highest BCUT2D eigenvalue weighted by molar-refractivity contribution is 5.91. The summed E-state index contributed by atoms with van der Waals surface area (Å²) in [6.45, 7) is -0.665. The predicted molar refractivity (Wildman–Crippen MR) is 104 cm³/mol. The van der Waals surface area contributed by atoms with E-state index in [1.54, 1.807) is 0 Å². The molecule has 5 atom stereocenters. The van der Waals surface area contributed by atoms with Crippen LogP contribution < -0.4 is 4.74 Å². The highest BCUT2D eigenvalue weighted by atomic mass is 16.7. The molecule has 2 aromatic carbocycles. The van der Waals surface area contributed by atoms with Crippen molar-refractivity contribution in [2.45, 2.75) is 30.7 Å². The van der Waals surface area contributed by atoms with E-state index in [1.807, 2.05) is 0 Å². The van der Waals surface area contributed by atoms with Crippen LogP contribution in [0.5, 0.6) is 28.7 Å². The summed E-state index contributed by atoms with van der Waals surface area (Å²) < 4.78 is 15.7. The average molecular weight is 468 g/mol. The van der Waals surface area contributed by atoms with E-state index in [4.69, 9.17) is 19.3 Å². The van der Waals surface area contributed by atoms with Gasteiger partial charge in [0.2, 0.25) is 6.29 Å². The number of carbonyl (C=O) groups is 2. The Kier molecular flexibility index (Phi) is 6.78. The molecule has 178 valence electrons. The second-order valence-electron chi connectivity index (χ2n) is 7.08. The zero-order valence-corrected chi connectivity index (χ0v) is 16.6. The number of hydrogen-bond acceptors (Lipinski definition) is 12. The Balaban J connectivity index is 1.71. The van der Waals surface area contributed by atoms with Crippen LogP contribution in [0.3, 0.4) is 0 Å². The van der Waals surface area contributed by atoms with Crippen molar-refractivity contribution in [3.8, 4) is 28.7 Å².